The van der Waals surface area contributed by atoms with Crippen LogP contribution in [0.5, 0.6) is 0 Å². The lowest BCUT2D eigenvalue weighted by atomic mass is 10.0. The molecular formula is C28H32N2OSi. The van der Waals surface area contributed by atoms with Crippen LogP contribution in [0.2, 0.25) is 5.04 Å². The van der Waals surface area contributed by atoms with Crippen molar-refractivity contribution in [1.29, 1.82) is 5.26 Å². The van der Waals surface area contributed by atoms with Crippen molar-refractivity contribution in [3.05, 3.63) is 96.1 Å². The summed E-state index contributed by atoms with van der Waals surface area (Å²) in [4.78, 5) is 2.46. The molecule has 3 nitrogen and oxygen atoms in total. The van der Waals surface area contributed by atoms with Crippen LogP contribution in [0.1, 0.15) is 44.9 Å². The predicted octanol–water partition coefficient (Wildman–Crippen LogP) is 4.88. The molecule has 4 rings (SSSR count). The van der Waals surface area contributed by atoms with E-state index in [1.807, 2.05) is 12.1 Å². The van der Waals surface area contributed by atoms with Gasteiger partial charge in [0.25, 0.3) is 8.32 Å². The maximum absolute atomic E-state index is 9.06. The van der Waals surface area contributed by atoms with Gasteiger partial charge in [0.15, 0.2) is 0 Å². The Bertz CT molecular complexity index is 1020. The third-order valence-electron chi connectivity index (χ3n) is 6.71. The zero-order valence-corrected chi connectivity index (χ0v) is 20.5. The standard InChI is InChI=1S/C28H32N2OSi/c1-22(24-17-15-23(19-29)16-18-24)30-20-25(21-30)31-32(28(2,3)4,26-11-7-5-8-12-26)27-13-9-6-10-14-27/h5-18,22,25H,20-21H2,1-4H3. The lowest BCUT2D eigenvalue weighted by molar-refractivity contribution is -0.0110. The first-order chi connectivity index (χ1) is 15.3. The lowest BCUT2D eigenvalue weighted by Gasteiger charge is -2.51. The molecule has 0 aromatic heterocycles. The molecule has 1 aliphatic heterocycles. The van der Waals surface area contributed by atoms with Crippen molar-refractivity contribution < 1.29 is 4.43 Å². The van der Waals surface area contributed by atoms with Crippen molar-refractivity contribution in [2.45, 2.75) is 44.9 Å². The molecule has 3 aromatic rings. The van der Waals surface area contributed by atoms with Crippen LogP contribution < -0.4 is 10.4 Å². The van der Waals surface area contributed by atoms with E-state index in [4.69, 9.17) is 9.69 Å². The van der Waals surface area contributed by atoms with Crippen LogP contribution in [-0.2, 0) is 4.43 Å². The van der Waals surface area contributed by atoms with E-state index in [1.165, 1.54) is 15.9 Å². The number of rotatable bonds is 6. The molecule has 0 spiro atoms. The summed E-state index contributed by atoms with van der Waals surface area (Å²) in [6.07, 6.45) is 0.210. The van der Waals surface area contributed by atoms with Gasteiger partial charge in [-0.15, -0.1) is 0 Å². The average molecular weight is 441 g/mol. The number of nitriles is 1. The van der Waals surface area contributed by atoms with Crippen LogP contribution in [0, 0.1) is 11.3 Å². The van der Waals surface area contributed by atoms with E-state index >= 15 is 0 Å². The van der Waals surface area contributed by atoms with Crippen LogP contribution in [0.15, 0.2) is 84.9 Å². The van der Waals surface area contributed by atoms with Gasteiger partial charge < -0.3 is 4.43 Å². The van der Waals surface area contributed by atoms with Gasteiger partial charge in [0.2, 0.25) is 0 Å². The molecule has 3 aromatic carbocycles. The number of nitrogens with zero attached hydrogens (tertiary/aromatic N) is 2. The summed E-state index contributed by atoms with van der Waals surface area (Å²) in [5.74, 6) is 0. The summed E-state index contributed by atoms with van der Waals surface area (Å²) in [5, 5.41) is 11.7. The molecule has 4 heteroatoms. The summed E-state index contributed by atoms with van der Waals surface area (Å²) in [5.41, 5.74) is 1.95. The van der Waals surface area contributed by atoms with E-state index in [2.05, 4.69) is 111 Å². The minimum Gasteiger partial charge on any atom is -0.402 e. The Morgan fingerprint density at radius 2 is 1.38 bits per heavy atom. The monoisotopic (exact) mass is 440 g/mol. The van der Waals surface area contributed by atoms with E-state index in [9.17, 15) is 0 Å². The Labute approximate surface area is 193 Å². The zero-order chi connectivity index (χ0) is 22.8. The Kier molecular flexibility index (Phi) is 6.35. The topological polar surface area (TPSA) is 36.3 Å². The van der Waals surface area contributed by atoms with Gasteiger partial charge in [-0.25, -0.2) is 0 Å². The maximum atomic E-state index is 9.06. The van der Waals surface area contributed by atoms with E-state index in [-0.39, 0.29) is 11.1 Å². The predicted molar refractivity (Wildman–Crippen MR) is 134 cm³/mol. The molecule has 0 saturated carbocycles. The van der Waals surface area contributed by atoms with Crippen molar-refractivity contribution in [1.82, 2.24) is 4.90 Å². The molecule has 164 valence electrons. The van der Waals surface area contributed by atoms with Gasteiger partial charge in [-0.1, -0.05) is 93.6 Å². The normalized spacial score (nSPS) is 16.2. The second-order valence-corrected chi connectivity index (χ2v) is 14.0. The Morgan fingerprint density at radius 3 is 1.81 bits per heavy atom. The van der Waals surface area contributed by atoms with E-state index in [0.717, 1.165) is 13.1 Å². The fraction of sp³-hybridized carbons (Fsp3) is 0.321. The fourth-order valence-corrected chi connectivity index (χ4v) is 9.51. The summed E-state index contributed by atoms with van der Waals surface area (Å²) >= 11 is 0. The summed E-state index contributed by atoms with van der Waals surface area (Å²) in [7, 11) is -2.50. The smallest absolute Gasteiger partial charge is 0.261 e. The van der Waals surface area contributed by atoms with Crippen molar-refractivity contribution in [3.8, 4) is 6.07 Å². The van der Waals surface area contributed by atoms with Crippen LogP contribution in [-0.4, -0.2) is 32.4 Å². The lowest BCUT2D eigenvalue weighted by Crippen LogP contribution is -2.70. The molecule has 0 N–H and O–H groups in total. The molecule has 1 unspecified atom stereocenters. The first-order valence-corrected chi connectivity index (χ1v) is 13.3. The molecule has 0 bridgehead atoms. The summed E-state index contributed by atoms with van der Waals surface area (Å²) < 4.78 is 7.22. The zero-order valence-electron chi connectivity index (χ0n) is 19.5. The minimum absolute atomic E-state index is 0.00509. The third kappa shape index (κ3) is 4.16. The van der Waals surface area contributed by atoms with Crippen molar-refractivity contribution in [3.63, 3.8) is 0 Å². The molecule has 32 heavy (non-hydrogen) atoms. The molecular weight excluding hydrogens is 408 g/mol. The molecule has 1 heterocycles. The third-order valence-corrected chi connectivity index (χ3v) is 11.8. The van der Waals surface area contributed by atoms with Crippen molar-refractivity contribution in [2.24, 2.45) is 0 Å². The maximum Gasteiger partial charge on any atom is 0.261 e. The second kappa shape index (κ2) is 9.03. The Morgan fingerprint density at radius 1 is 0.875 bits per heavy atom. The molecule has 0 amide bonds. The van der Waals surface area contributed by atoms with Crippen molar-refractivity contribution in [2.75, 3.05) is 13.1 Å². The highest BCUT2D eigenvalue weighted by molar-refractivity contribution is 6.99. The van der Waals surface area contributed by atoms with Crippen LogP contribution in [0.4, 0.5) is 0 Å². The van der Waals surface area contributed by atoms with E-state index in [0.29, 0.717) is 11.6 Å². The van der Waals surface area contributed by atoms with Crippen molar-refractivity contribution >= 4 is 18.7 Å². The van der Waals surface area contributed by atoms with Gasteiger partial charge in [0, 0.05) is 19.1 Å². The van der Waals surface area contributed by atoms with Gasteiger partial charge in [0.05, 0.1) is 17.7 Å². The number of benzene rings is 3. The van der Waals surface area contributed by atoms with E-state index in [1.54, 1.807) is 0 Å². The summed E-state index contributed by atoms with van der Waals surface area (Å²) in [6.45, 7) is 11.1. The minimum atomic E-state index is -2.50. The number of hydrogen-bond acceptors (Lipinski definition) is 3. The number of hydrogen-bond donors (Lipinski definition) is 0. The second-order valence-electron chi connectivity index (χ2n) is 9.77. The first kappa shape index (κ1) is 22.5. The highest BCUT2D eigenvalue weighted by atomic mass is 28.4. The molecule has 1 atom stereocenters. The molecule has 0 aliphatic carbocycles. The average Bonchev–Trinajstić information content (AvgIpc) is 2.78. The molecule has 1 aliphatic rings. The van der Waals surface area contributed by atoms with Gasteiger partial charge in [0.1, 0.15) is 0 Å². The highest BCUT2D eigenvalue weighted by Crippen LogP contribution is 2.39. The van der Waals surface area contributed by atoms with E-state index < -0.39 is 8.32 Å². The van der Waals surface area contributed by atoms with Gasteiger partial charge in [-0.05, 0) is 40.0 Å². The quantitative estimate of drug-likeness (QED) is 0.513. The molecule has 1 saturated heterocycles. The molecule has 1 fully saturated rings. The number of likely N-dealkylation sites (tertiary alicyclic amines) is 1. The SMILES string of the molecule is CC(c1ccc(C#N)cc1)N1CC(O[Si](c2ccccc2)(c2ccccc2)C(C)(C)C)C1. The van der Waals surface area contributed by atoms with Gasteiger partial charge in [-0.3, -0.25) is 4.90 Å². The Balaban J connectivity index is 1.59. The van der Waals surface area contributed by atoms with Crippen LogP contribution in [0.3, 0.4) is 0 Å². The fourth-order valence-electron chi connectivity index (χ4n) is 4.85. The summed E-state index contributed by atoms with van der Waals surface area (Å²) in [6, 6.07) is 32.2. The van der Waals surface area contributed by atoms with Crippen LogP contribution >= 0.6 is 0 Å². The Hall–Kier alpha value is -2.71. The van der Waals surface area contributed by atoms with Gasteiger partial charge >= 0.3 is 0 Å². The largest absolute Gasteiger partial charge is 0.402 e. The first-order valence-electron chi connectivity index (χ1n) is 11.4. The highest BCUT2D eigenvalue weighted by Gasteiger charge is 2.52. The molecule has 0 radical (unpaired) electrons. The van der Waals surface area contributed by atoms with Crippen LogP contribution in [0.25, 0.3) is 0 Å². The van der Waals surface area contributed by atoms with Gasteiger partial charge in [-0.2, -0.15) is 5.26 Å².